The Morgan fingerprint density at radius 2 is 2.11 bits per heavy atom. The lowest BCUT2D eigenvalue weighted by Gasteiger charge is -2.14. The highest BCUT2D eigenvalue weighted by atomic mass is 35.5. The van der Waals surface area contributed by atoms with Gasteiger partial charge in [0.1, 0.15) is 18.1 Å². The Hall–Kier alpha value is -2.80. The monoisotopic (exact) mass is 388 g/mol. The molecule has 142 valence electrons. The summed E-state index contributed by atoms with van der Waals surface area (Å²) >= 11 is 6.10. The number of aromatic nitrogens is 3. The molecule has 0 radical (unpaired) electrons. The topological polar surface area (TPSA) is 82.2 Å². The van der Waals surface area contributed by atoms with E-state index in [1.165, 1.54) is 0 Å². The van der Waals surface area contributed by atoms with Gasteiger partial charge >= 0.3 is 0 Å². The first-order valence-corrected chi connectivity index (χ1v) is 8.95. The van der Waals surface area contributed by atoms with Gasteiger partial charge in [0.05, 0.1) is 22.8 Å². The number of halogens is 1. The van der Waals surface area contributed by atoms with Gasteiger partial charge in [-0.1, -0.05) is 28.9 Å². The van der Waals surface area contributed by atoms with Gasteiger partial charge in [0, 0.05) is 12.2 Å². The normalized spacial score (nSPS) is 12.0. The summed E-state index contributed by atoms with van der Waals surface area (Å²) in [5, 5.41) is 11.6. The Morgan fingerprint density at radius 3 is 2.81 bits per heavy atom. The van der Waals surface area contributed by atoms with E-state index < -0.39 is 0 Å². The smallest absolute Gasteiger partial charge is 0.274 e. The SMILES string of the molecule is Cc1ccn(CC(C)NC(=O)c2noc(C)c2COc2ccccc2Cl)n1. The minimum absolute atomic E-state index is 0.133. The predicted molar refractivity (Wildman–Crippen MR) is 101 cm³/mol. The third kappa shape index (κ3) is 4.68. The molecule has 0 aliphatic rings. The number of hydrogen-bond donors (Lipinski definition) is 1. The van der Waals surface area contributed by atoms with E-state index in [1.807, 2.05) is 38.2 Å². The second kappa shape index (κ2) is 8.26. The Balaban J connectivity index is 1.66. The molecule has 0 aliphatic heterocycles. The van der Waals surface area contributed by atoms with Crippen LogP contribution in [0.2, 0.25) is 5.02 Å². The zero-order valence-electron chi connectivity index (χ0n) is 15.4. The molecule has 3 aromatic rings. The van der Waals surface area contributed by atoms with Crippen molar-refractivity contribution in [3.63, 3.8) is 0 Å². The van der Waals surface area contributed by atoms with E-state index in [-0.39, 0.29) is 24.2 Å². The van der Waals surface area contributed by atoms with Crippen molar-refractivity contribution >= 4 is 17.5 Å². The fourth-order valence-electron chi connectivity index (χ4n) is 2.63. The van der Waals surface area contributed by atoms with Crippen LogP contribution in [0, 0.1) is 13.8 Å². The number of carbonyl (C=O) groups excluding carboxylic acids is 1. The first kappa shape index (κ1) is 19.0. The number of aryl methyl sites for hydroxylation is 2. The molecule has 7 nitrogen and oxygen atoms in total. The molecule has 0 saturated heterocycles. The molecular formula is C19H21ClN4O3. The second-order valence-corrected chi connectivity index (χ2v) is 6.75. The van der Waals surface area contributed by atoms with Crippen LogP contribution in [-0.4, -0.2) is 26.9 Å². The fourth-order valence-corrected chi connectivity index (χ4v) is 2.82. The van der Waals surface area contributed by atoms with Crippen molar-refractivity contribution < 1.29 is 14.1 Å². The van der Waals surface area contributed by atoms with Crippen LogP contribution < -0.4 is 10.1 Å². The summed E-state index contributed by atoms with van der Waals surface area (Å²) in [7, 11) is 0. The highest BCUT2D eigenvalue weighted by Gasteiger charge is 2.22. The highest BCUT2D eigenvalue weighted by Crippen LogP contribution is 2.25. The first-order chi connectivity index (χ1) is 12.9. The quantitative estimate of drug-likeness (QED) is 0.669. The van der Waals surface area contributed by atoms with E-state index >= 15 is 0 Å². The van der Waals surface area contributed by atoms with Crippen molar-refractivity contribution in [2.45, 2.75) is 40.0 Å². The van der Waals surface area contributed by atoms with E-state index in [9.17, 15) is 4.79 Å². The lowest BCUT2D eigenvalue weighted by atomic mass is 10.2. The molecular weight excluding hydrogens is 368 g/mol. The van der Waals surface area contributed by atoms with E-state index in [0.717, 1.165) is 5.69 Å². The first-order valence-electron chi connectivity index (χ1n) is 8.57. The molecule has 2 aromatic heterocycles. The van der Waals surface area contributed by atoms with Gasteiger partial charge in [0.15, 0.2) is 5.69 Å². The number of nitrogens with one attached hydrogen (secondary N) is 1. The van der Waals surface area contributed by atoms with Crippen LogP contribution >= 0.6 is 11.6 Å². The third-order valence-electron chi connectivity index (χ3n) is 4.02. The average Bonchev–Trinajstić information content (AvgIpc) is 3.19. The zero-order chi connectivity index (χ0) is 19.4. The maximum atomic E-state index is 12.6. The Kier molecular flexibility index (Phi) is 5.81. The van der Waals surface area contributed by atoms with Crippen molar-refractivity contribution in [3.05, 3.63) is 64.3 Å². The molecule has 2 heterocycles. The molecule has 27 heavy (non-hydrogen) atoms. The average molecular weight is 389 g/mol. The largest absolute Gasteiger partial charge is 0.487 e. The Bertz CT molecular complexity index is 935. The van der Waals surface area contributed by atoms with Gasteiger partial charge in [0.2, 0.25) is 0 Å². The lowest BCUT2D eigenvalue weighted by Crippen LogP contribution is -2.36. The van der Waals surface area contributed by atoms with E-state index in [1.54, 1.807) is 23.7 Å². The van der Waals surface area contributed by atoms with Gasteiger partial charge in [-0.05, 0) is 39.0 Å². The molecule has 0 bridgehead atoms. The van der Waals surface area contributed by atoms with Crippen LogP contribution in [0.15, 0.2) is 41.1 Å². The van der Waals surface area contributed by atoms with Crippen LogP contribution in [0.1, 0.15) is 34.4 Å². The summed E-state index contributed by atoms with van der Waals surface area (Å²) in [5.74, 6) is 0.747. The zero-order valence-corrected chi connectivity index (χ0v) is 16.2. The summed E-state index contributed by atoms with van der Waals surface area (Å²) in [5.41, 5.74) is 1.73. The summed E-state index contributed by atoms with van der Waals surface area (Å²) in [4.78, 5) is 12.6. The molecule has 1 atom stereocenters. The number of carbonyl (C=O) groups is 1. The molecule has 8 heteroatoms. The van der Waals surface area contributed by atoms with Gasteiger partial charge in [-0.25, -0.2) is 0 Å². The molecule has 3 rings (SSSR count). The maximum Gasteiger partial charge on any atom is 0.274 e. The van der Waals surface area contributed by atoms with Gasteiger partial charge in [-0.3, -0.25) is 9.48 Å². The standard InChI is InChI=1S/C19H21ClN4O3/c1-12-8-9-24(22-12)10-13(2)21-19(25)18-15(14(3)27-23-18)11-26-17-7-5-4-6-16(17)20/h4-9,13H,10-11H2,1-3H3,(H,21,25). The van der Waals surface area contributed by atoms with Crippen molar-refractivity contribution in [1.82, 2.24) is 20.3 Å². The number of nitrogens with zero attached hydrogens (tertiary/aromatic N) is 3. The fraction of sp³-hybridized carbons (Fsp3) is 0.316. The minimum Gasteiger partial charge on any atom is -0.487 e. The van der Waals surface area contributed by atoms with Gasteiger partial charge < -0.3 is 14.6 Å². The van der Waals surface area contributed by atoms with Crippen molar-refractivity contribution in [2.24, 2.45) is 0 Å². The van der Waals surface area contributed by atoms with Crippen LogP contribution in [0.3, 0.4) is 0 Å². The number of benzene rings is 1. The minimum atomic E-state index is -0.319. The number of para-hydroxylation sites is 1. The van der Waals surface area contributed by atoms with Crippen molar-refractivity contribution in [3.8, 4) is 5.75 Å². The summed E-state index contributed by atoms with van der Waals surface area (Å²) in [6.07, 6.45) is 1.88. The van der Waals surface area contributed by atoms with Crippen LogP contribution in [0.5, 0.6) is 5.75 Å². The number of amides is 1. The van der Waals surface area contributed by atoms with Gasteiger partial charge in [-0.15, -0.1) is 0 Å². The number of hydrogen-bond acceptors (Lipinski definition) is 5. The molecule has 0 spiro atoms. The molecule has 1 unspecified atom stereocenters. The van der Waals surface area contributed by atoms with E-state index in [0.29, 0.717) is 28.6 Å². The van der Waals surface area contributed by atoms with Crippen LogP contribution in [-0.2, 0) is 13.2 Å². The molecule has 1 N–H and O–H groups in total. The molecule has 1 amide bonds. The van der Waals surface area contributed by atoms with Crippen molar-refractivity contribution in [2.75, 3.05) is 0 Å². The van der Waals surface area contributed by atoms with Crippen LogP contribution in [0.25, 0.3) is 0 Å². The third-order valence-corrected chi connectivity index (χ3v) is 4.33. The maximum absolute atomic E-state index is 12.6. The molecule has 0 saturated carbocycles. The van der Waals surface area contributed by atoms with Gasteiger partial charge in [-0.2, -0.15) is 5.10 Å². The predicted octanol–water partition coefficient (Wildman–Crippen LogP) is 3.54. The van der Waals surface area contributed by atoms with Crippen molar-refractivity contribution in [1.29, 1.82) is 0 Å². The van der Waals surface area contributed by atoms with Crippen LogP contribution in [0.4, 0.5) is 0 Å². The lowest BCUT2D eigenvalue weighted by molar-refractivity contribution is 0.0924. The summed E-state index contributed by atoms with van der Waals surface area (Å²) < 4.78 is 12.7. The van der Waals surface area contributed by atoms with Gasteiger partial charge in [0.25, 0.3) is 5.91 Å². The Labute approximate surface area is 162 Å². The highest BCUT2D eigenvalue weighted by molar-refractivity contribution is 6.32. The van der Waals surface area contributed by atoms with E-state index in [4.69, 9.17) is 20.9 Å². The summed E-state index contributed by atoms with van der Waals surface area (Å²) in [6, 6.07) is 8.93. The molecule has 0 aliphatic carbocycles. The summed E-state index contributed by atoms with van der Waals surface area (Å²) in [6.45, 7) is 6.26. The number of ether oxygens (including phenoxy) is 1. The molecule has 1 aromatic carbocycles. The van der Waals surface area contributed by atoms with E-state index in [2.05, 4.69) is 15.6 Å². The Morgan fingerprint density at radius 1 is 1.33 bits per heavy atom. The second-order valence-electron chi connectivity index (χ2n) is 6.34. The molecule has 0 fully saturated rings. The number of rotatable bonds is 7.